The predicted octanol–water partition coefficient (Wildman–Crippen LogP) is 2.72. The molecule has 0 radical (unpaired) electrons. The van der Waals surface area contributed by atoms with Crippen LogP contribution in [0.1, 0.15) is 38.2 Å². The molecule has 0 aromatic heterocycles. The molecule has 1 heterocycles. The maximum Gasteiger partial charge on any atom is 0.242 e. The van der Waals surface area contributed by atoms with E-state index in [0.717, 1.165) is 31.5 Å². The Bertz CT molecular complexity index is 403. The molecule has 3 nitrogen and oxygen atoms in total. The highest BCUT2D eigenvalue weighted by Crippen LogP contribution is 2.24. The lowest BCUT2D eigenvalue weighted by Gasteiger charge is -2.26. The van der Waals surface area contributed by atoms with Gasteiger partial charge in [-0.1, -0.05) is 38.0 Å². The van der Waals surface area contributed by atoms with Crippen LogP contribution in [0.5, 0.6) is 0 Å². The Labute approximate surface area is 109 Å². The molecule has 2 rings (SSSR count). The molecule has 0 bridgehead atoms. The number of nitrogens with one attached hydrogen (secondary N) is 2. The van der Waals surface area contributed by atoms with Crippen LogP contribution in [0.25, 0.3) is 0 Å². The summed E-state index contributed by atoms with van der Waals surface area (Å²) in [7, 11) is 0. The first-order valence-electron chi connectivity index (χ1n) is 6.93. The van der Waals surface area contributed by atoms with Gasteiger partial charge in [0.05, 0.1) is 0 Å². The van der Waals surface area contributed by atoms with Crippen LogP contribution in [-0.4, -0.2) is 18.5 Å². The Balaban J connectivity index is 1.83. The molecule has 1 aliphatic heterocycles. The summed E-state index contributed by atoms with van der Waals surface area (Å²) in [6.07, 6.45) is 5.31. The molecule has 0 aliphatic carbocycles. The minimum atomic E-state index is -0.0680. The average Bonchev–Trinajstić information content (AvgIpc) is 2.43. The third-order valence-electron chi connectivity index (χ3n) is 3.45. The maximum absolute atomic E-state index is 12.0. The van der Waals surface area contributed by atoms with Crippen LogP contribution >= 0.6 is 0 Å². The minimum absolute atomic E-state index is 0.0680. The van der Waals surface area contributed by atoms with Crippen molar-refractivity contribution in [3.05, 3.63) is 29.8 Å². The Kier molecular flexibility index (Phi) is 4.62. The molecule has 2 N–H and O–H groups in total. The van der Waals surface area contributed by atoms with E-state index in [1.54, 1.807) is 0 Å². The van der Waals surface area contributed by atoms with Gasteiger partial charge in [0.2, 0.25) is 5.91 Å². The smallest absolute Gasteiger partial charge is 0.242 e. The topological polar surface area (TPSA) is 41.1 Å². The first-order chi connectivity index (χ1) is 8.81. The number of hydrogen-bond donors (Lipinski definition) is 2. The van der Waals surface area contributed by atoms with Gasteiger partial charge in [-0.25, -0.2) is 0 Å². The number of fused-ring (bicyclic) bond motifs is 1. The number of aryl methyl sites for hydroxylation is 1. The molecule has 0 saturated heterocycles. The molecular weight excluding hydrogens is 224 g/mol. The number of unbranched alkanes of at least 4 members (excludes halogenated alkanes) is 2. The van der Waals surface area contributed by atoms with Gasteiger partial charge in [-0.2, -0.15) is 0 Å². The van der Waals surface area contributed by atoms with Gasteiger partial charge in [-0.15, -0.1) is 0 Å². The summed E-state index contributed by atoms with van der Waals surface area (Å²) in [5.74, 6) is 0.139. The summed E-state index contributed by atoms with van der Waals surface area (Å²) in [5, 5.41) is 6.34. The molecule has 0 saturated carbocycles. The van der Waals surface area contributed by atoms with Gasteiger partial charge in [-0.05, 0) is 30.9 Å². The van der Waals surface area contributed by atoms with Crippen molar-refractivity contribution in [2.24, 2.45) is 0 Å². The van der Waals surface area contributed by atoms with E-state index >= 15 is 0 Å². The van der Waals surface area contributed by atoms with Crippen molar-refractivity contribution in [2.75, 3.05) is 11.9 Å². The molecule has 0 spiro atoms. The number of carbonyl (C=O) groups excluding carboxylic acids is 1. The fourth-order valence-electron chi connectivity index (χ4n) is 2.35. The van der Waals surface area contributed by atoms with Crippen molar-refractivity contribution in [3.63, 3.8) is 0 Å². The minimum Gasteiger partial charge on any atom is -0.373 e. The number of para-hydroxylation sites is 1. The van der Waals surface area contributed by atoms with Gasteiger partial charge in [0.1, 0.15) is 6.04 Å². The van der Waals surface area contributed by atoms with Crippen LogP contribution in [0, 0.1) is 0 Å². The second-order valence-electron chi connectivity index (χ2n) is 4.89. The van der Waals surface area contributed by atoms with Gasteiger partial charge in [-0.3, -0.25) is 4.79 Å². The fourth-order valence-corrected chi connectivity index (χ4v) is 2.35. The zero-order valence-electron chi connectivity index (χ0n) is 11.0. The van der Waals surface area contributed by atoms with Crippen LogP contribution in [-0.2, 0) is 11.2 Å². The molecule has 98 valence electrons. The molecule has 3 heteroatoms. The normalized spacial score (nSPS) is 17.7. The molecule has 1 aliphatic rings. The van der Waals surface area contributed by atoms with Crippen LogP contribution in [0.2, 0.25) is 0 Å². The largest absolute Gasteiger partial charge is 0.373 e. The molecule has 1 amide bonds. The van der Waals surface area contributed by atoms with Crippen molar-refractivity contribution >= 4 is 11.6 Å². The van der Waals surface area contributed by atoms with Gasteiger partial charge in [0, 0.05) is 12.2 Å². The molecular formula is C15H22N2O. The lowest BCUT2D eigenvalue weighted by molar-refractivity contribution is -0.122. The van der Waals surface area contributed by atoms with E-state index in [9.17, 15) is 4.79 Å². The zero-order chi connectivity index (χ0) is 12.8. The quantitative estimate of drug-likeness (QED) is 0.784. The van der Waals surface area contributed by atoms with Gasteiger partial charge in [0.15, 0.2) is 0 Å². The van der Waals surface area contributed by atoms with Crippen LogP contribution in [0.4, 0.5) is 5.69 Å². The van der Waals surface area contributed by atoms with Crippen molar-refractivity contribution < 1.29 is 4.79 Å². The van der Waals surface area contributed by atoms with Crippen molar-refractivity contribution in [3.8, 4) is 0 Å². The molecule has 1 atom stereocenters. The molecule has 1 unspecified atom stereocenters. The first-order valence-corrected chi connectivity index (χ1v) is 6.93. The standard InChI is InChI=1S/C15H22N2O/c1-2-3-6-11-16-15(18)14-10-9-12-7-4-5-8-13(12)17-14/h4-5,7-8,14,17H,2-3,6,9-11H2,1H3,(H,16,18). The summed E-state index contributed by atoms with van der Waals surface area (Å²) in [6.45, 7) is 2.97. The molecule has 1 aromatic rings. The van der Waals surface area contributed by atoms with Crippen LogP contribution in [0.15, 0.2) is 24.3 Å². The number of carbonyl (C=O) groups is 1. The van der Waals surface area contributed by atoms with Gasteiger partial charge < -0.3 is 10.6 Å². The Morgan fingerprint density at radius 3 is 3.06 bits per heavy atom. The lowest BCUT2D eigenvalue weighted by Crippen LogP contribution is -2.42. The monoisotopic (exact) mass is 246 g/mol. The molecule has 0 fully saturated rings. The number of anilines is 1. The van der Waals surface area contributed by atoms with Crippen LogP contribution < -0.4 is 10.6 Å². The van der Waals surface area contributed by atoms with E-state index in [1.165, 1.54) is 18.4 Å². The number of benzene rings is 1. The van der Waals surface area contributed by atoms with Crippen molar-refractivity contribution in [1.82, 2.24) is 5.32 Å². The lowest BCUT2D eigenvalue weighted by atomic mass is 9.98. The Hall–Kier alpha value is -1.51. The van der Waals surface area contributed by atoms with Gasteiger partial charge in [0.25, 0.3) is 0 Å². The summed E-state index contributed by atoms with van der Waals surface area (Å²) in [6, 6.07) is 8.16. The maximum atomic E-state index is 12.0. The fraction of sp³-hybridized carbons (Fsp3) is 0.533. The van der Waals surface area contributed by atoms with Crippen molar-refractivity contribution in [1.29, 1.82) is 0 Å². The summed E-state index contributed by atoms with van der Waals surface area (Å²) in [4.78, 5) is 12.0. The molecule has 18 heavy (non-hydrogen) atoms. The summed E-state index contributed by atoms with van der Waals surface area (Å²) in [5.41, 5.74) is 2.42. The highest BCUT2D eigenvalue weighted by Gasteiger charge is 2.22. The van der Waals surface area contributed by atoms with E-state index in [4.69, 9.17) is 0 Å². The third kappa shape index (κ3) is 3.25. The van der Waals surface area contributed by atoms with E-state index in [1.807, 2.05) is 18.2 Å². The van der Waals surface area contributed by atoms with E-state index < -0.39 is 0 Å². The summed E-state index contributed by atoms with van der Waals surface area (Å²) >= 11 is 0. The Morgan fingerprint density at radius 1 is 1.39 bits per heavy atom. The van der Waals surface area contributed by atoms with Gasteiger partial charge >= 0.3 is 0 Å². The first kappa shape index (κ1) is 12.9. The predicted molar refractivity (Wildman–Crippen MR) is 74.7 cm³/mol. The number of amides is 1. The SMILES string of the molecule is CCCCCNC(=O)C1CCc2ccccc2N1. The Morgan fingerprint density at radius 2 is 2.22 bits per heavy atom. The molecule has 1 aromatic carbocycles. The van der Waals surface area contributed by atoms with E-state index in [0.29, 0.717) is 0 Å². The number of rotatable bonds is 5. The number of hydrogen-bond acceptors (Lipinski definition) is 2. The highest BCUT2D eigenvalue weighted by atomic mass is 16.2. The van der Waals surface area contributed by atoms with Crippen molar-refractivity contribution in [2.45, 2.75) is 45.1 Å². The van der Waals surface area contributed by atoms with Crippen LogP contribution in [0.3, 0.4) is 0 Å². The summed E-state index contributed by atoms with van der Waals surface area (Å²) < 4.78 is 0. The second kappa shape index (κ2) is 6.43. The van der Waals surface area contributed by atoms with E-state index in [-0.39, 0.29) is 11.9 Å². The zero-order valence-corrected chi connectivity index (χ0v) is 11.0. The second-order valence-corrected chi connectivity index (χ2v) is 4.89. The highest BCUT2D eigenvalue weighted by molar-refractivity contribution is 5.85. The van der Waals surface area contributed by atoms with E-state index in [2.05, 4.69) is 23.6 Å². The average molecular weight is 246 g/mol. The third-order valence-corrected chi connectivity index (χ3v) is 3.45.